The fraction of sp³-hybridized carbons (Fsp3) is 0.754. The molecule has 0 bridgehead atoms. The van der Waals surface area contributed by atoms with Crippen LogP contribution in [0.25, 0.3) is 0 Å². The van der Waals surface area contributed by atoms with Crippen molar-refractivity contribution >= 4 is 107 Å². The van der Waals surface area contributed by atoms with Crippen LogP contribution in [0.15, 0.2) is 0 Å². The minimum absolute atomic E-state index is 0.0321. The van der Waals surface area contributed by atoms with Crippen molar-refractivity contribution in [2.24, 2.45) is 0 Å². The fourth-order valence-electron chi connectivity index (χ4n) is 26.2. The molecule has 32 amide bonds. The van der Waals surface area contributed by atoms with Crippen LogP contribution in [-0.2, 0) is 10.1 Å². The summed E-state index contributed by atoms with van der Waals surface area (Å²) < 4.78 is 35.5. The SMILES string of the molecule is CCCCCC12N3CN4C(=O)N5CN6C(=O)N7CN8C(=O)N9CN%10C(=O)N%11CN%12C(=O)N%13CN%14C(=O)N%15CN%16C(=O)N%17CN(C3=O)C1(CCCCS(=O)(=O)O)N1CN3C(=O)N(CN%18C(=O)N(CN%19C(=O)N(CN%20C(=O)N(CN%21C(=O)N(CN%22C(=O)N(CN%23C(=O)N(CN2C1=O)C4C5%23)C6C7%22)C8C9%21)C%10(CCCC)C%11%20CCCC)C%12C%13%19)C%14C%15%18)C%16C%173. The van der Waals surface area contributed by atoms with Gasteiger partial charge in [0.15, 0.2) is 96.6 Å². The van der Waals surface area contributed by atoms with E-state index in [2.05, 4.69) is 0 Å². The van der Waals surface area contributed by atoms with E-state index in [1.54, 1.807) is 0 Å². The number of rotatable bonds is 15. The van der Waals surface area contributed by atoms with Crippen LogP contribution in [0.5, 0.6) is 0 Å². The summed E-state index contributed by atoms with van der Waals surface area (Å²) >= 11 is 0. The lowest BCUT2D eigenvalue weighted by Gasteiger charge is -2.54. The second-order valence-electron chi connectivity index (χ2n) is 35.1. The van der Waals surface area contributed by atoms with E-state index < -0.39 is 316 Å². The molecule has 117 heavy (non-hydrogen) atoms. The van der Waals surface area contributed by atoms with Gasteiger partial charge < -0.3 is 0 Å². The van der Waals surface area contributed by atoms with Gasteiger partial charge in [-0.3, -0.25) is 161 Å². The van der Waals surface area contributed by atoms with Crippen molar-refractivity contribution in [2.45, 2.75) is 201 Å². The van der Waals surface area contributed by atoms with Crippen LogP contribution in [0.1, 0.15) is 104 Å². The second-order valence-corrected chi connectivity index (χ2v) is 36.7. The molecule has 24 aliphatic rings. The first-order valence-electron chi connectivity index (χ1n) is 40.4. The summed E-state index contributed by atoms with van der Waals surface area (Å²) in [6.45, 7) is -4.45. The highest BCUT2D eigenvalue weighted by atomic mass is 32.2. The van der Waals surface area contributed by atoms with Crippen molar-refractivity contribution < 1.29 is 89.7 Å². The Bertz CT molecular complexity index is 4600. The quantitative estimate of drug-likeness (QED) is 0.136. The van der Waals surface area contributed by atoms with E-state index in [0.29, 0.717) is 38.5 Å². The first-order chi connectivity index (χ1) is 56.2. The molecule has 0 unspecified atom stereocenters. The van der Waals surface area contributed by atoms with Crippen LogP contribution in [0.4, 0.5) is 76.7 Å². The third kappa shape index (κ3) is 7.12. The Kier molecular flexibility index (Phi) is 12.5. The highest BCUT2D eigenvalue weighted by molar-refractivity contribution is 7.85. The van der Waals surface area contributed by atoms with Crippen LogP contribution in [0.3, 0.4) is 0 Å². The highest BCUT2D eigenvalue weighted by Gasteiger charge is 2.86. The molecule has 0 aliphatic carbocycles. The smallest absolute Gasteiger partial charge is 0.286 e. The van der Waals surface area contributed by atoms with Gasteiger partial charge in [-0.25, -0.2) is 76.7 Å². The van der Waals surface area contributed by atoms with E-state index in [1.165, 1.54) is 157 Å². The molecule has 52 heteroatoms. The third-order valence-corrected chi connectivity index (χ3v) is 31.5. The predicted molar refractivity (Wildman–Crippen MR) is 373 cm³/mol. The third-order valence-electron chi connectivity index (χ3n) is 30.7. The molecule has 0 aromatic heterocycles. The predicted octanol–water partition coefficient (Wildman–Crippen LogP) is -2.05. The van der Waals surface area contributed by atoms with Crippen LogP contribution in [-0.4, -0.2) is 475 Å². The van der Waals surface area contributed by atoms with Gasteiger partial charge in [0, 0.05) is 0 Å². The van der Waals surface area contributed by atoms with Crippen LogP contribution < -0.4 is 0 Å². The summed E-state index contributed by atoms with van der Waals surface area (Å²) in [5.74, 6) is -0.772. The van der Waals surface area contributed by atoms with E-state index in [0.717, 1.165) is 0 Å². The first-order valence-corrected chi connectivity index (χ1v) is 42.0. The second kappa shape index (κ2) is 21.3. The maximum atomic E-state index is 16.9. The molecular formula is C65H82N32O19S. The zero-order chi connectivity index (χ0) is 80.4. The van der Waals surface area contributed by atoms with Gasteiger partial charge in [-0.15, -0.1) is 0 Å². The largest absolute Gasteiger partial charge is 0.326 e. The van der Waals surface area contributed by atoms with Crippen molar-refractivity contribution in [3.63, 3.8) is 0 Å². The number of nitrogens with zero attached hydrogens (tertiary/aromatic N) is 32. The summed E-state index contributed by atoms with van der Waals surface area (Å²) in [5, 5.41) is 0. The first kappa shape index (κ1) is 68.5. The Balaban J connectivity index is 0.684. The number of unbranched alkanes of at least 4 members (excludes halogenated alkanes) is 5. The lowest BCUT2D eigenvalue weighted by molar-refractivity contribution is -0.132. The number of carbonyl (C=O) groups is 16. The Labute approximate surface area is 663 Å². The molecule has 0 aromatic rings. The van der Waals surface area contributed by atoms with Crippen molar-refractivity contribution in [1.82, 2.24) is 157 Å². The lowest BCUT2D eigenvalue weighted by atomic mass is 9.82. The average molecular weight is 1650 g/mol. The molecule has 0 aromatic carbocycles. The standard InChI is InChI=1S/C65H82N32O19S/c1-4-7-10-15-64-65(16-11-12-17-117(114,115)116)96-32-88-45-41-80(56(88)108)24-72-37-35-68(48(72)100)20-76-39-43-84(52(76)104)28-92-58(110)90-26-82-42-38-74(50(82)102)18-66-34-36-70(46(66)98)22-78-40-44(86(54(78)106)30-94(64)60(96)112)87-31-95(64)61(113)97(65)33-89(45)57(109)81(41)25-73(37)49(101)69(35)21-77(39)53(105)85(43)29-93-59(111)91(62(90,13-8-5-2)63(92,93)14-9-6-3)27-83(42)51(103)75(38)19-67(34)47(99)71(36)23-79(40)55(87)107/h34-45H,4-33H2,1-3H3,(H,114,115,116). The molecule has 0 saturated carbocycles. The normalized spacial score (nSPS) is 37.9. The number of hydrogen-bond donors (Lipinski definition) is 1. The highest BCUT2D eigenvalue weighted by Crippen LogP contribution is 2.63. The van der Waals surface area contributed by atoms with E-state index in [9.17, 15) is 13.0 Å². The Morgan fingerprint density at radius 1 is 0.214 bits per heavy atom. The van der Waals surface area contributed by atoms with Crippen molar-refractivity contribution in [3.05, 3.63) is 0 Å². The van der Waals surface area contributed by atoms with Gasteiger partial charge >= 0.3 is 96.5 Å². The number of urea groups is 16. The molecule has 24 heterocycles. The summed E-state index contributed by atoms with van der Waals surface area (Å²) in [6, 6.07) is -12.6. The molecule has 622 valence electrons. The van der Waals surface area contributed by atoms with Crippen LogP contribution in [0.2, 0.25) is 0 Å². The molecule has 0 radical (unpaired) electrons. The maximum Gasteiger partial charge on any atom is 0.326 e. The van der Waals surface area contributed by atoms with Crippen LogP contribution in [0, 0.1) is 0 Å². The molecule has 1 N–H and O–H groups in total. The number of carbonyl (C=O) groups excluding carboxylic acids is 16. The molecule has 0 spiro atoms. The molecule has 24 rings (SSSR count). The minimum atomic E-state index is -4.65. The Morgan fingerprint density at radius 3 is 0.496 bits per heavy atom. The average Bonchev–Trinajstić information content (AvgIpc) is 1.48. The Hall–Kier alpha value is -11.8. The molecule has 24 saturated heterocycles. The van der Waals surface area contributed by atoms with Gasteiger partial charge in [0.1, 0.15) is 107 Å². The molecule has 0 atom stereocenters. The summed E-state index contributed by atoms with van der Waals surface area (Å²) in [7, 11) is -4.65. The van der Waals surface area contributed by atoms with Gasteiger partial charge in [-0.05, 0) is 57.8 Å². The maximum absolute atomic E-state index is 16.9. The van der Waals surface area contributed by atoms with Crippen LogP contribution >= 0.6 is 0 Å². The van der Waals surface area contributed by atoms with E-state index in [-0.39, 0.29) is 44.9 Å². The number of hydrogen-bond acceptors (Lipinski definition) is 18. The monoisotopic (exact) mass is 1650 g/mol. The summed E-state index contributed by atoms with van der Waals surface area (Å²) in [4.78, 5) is 305. The van der Waals surface area contributed by atoms with Crippen molar-refractivity contribution in [1.29, 1.82) is 0 Å². The Morgan fingerprint density at radius 2 is 0.350 bits per heavy atom. The van der Waals surface area contributed by atoms with Gasteiger partial charge in [-0.2, -0.15) is 8.42 Å². The van der Waals surface area contributed by atoms with Gasteiger partial charge in [0.05, 0.1) is 5.75 Å². The molecule has 51 nitrogen and oxygen atoms in total. The van der Waals surface area contributed by atoms with E-state index in [1.807, 2.05) is 20.8 Å². The summed E-state index contributed by atoms with van der Waals surface area (Å²) in [6.07, 6.45) is -14.2. The molecule has 24 fully saturated rings. The number of amides is 32. The van der Waals surface area contributed by atoms with Gasteiger partial charge in [0.25, 0.3) is 10.1 Å². The van der Waals surface area contributed by atoms with Crippen molar-refractivity contribution in [3.8, 4) is 0 Å². The lowest BCUT2D eigenvalue weighted by Crippen LogP contribution is -2.73. The van der Waals surface area contributed by atoms with Crippen molar-refractivity contribution in [2.75, 3.05) is 112 Å². The zero-order valence-corrected chi connectivity index (χ0v) is 64.5. The zero-order valence-electron chi connectivity index (χ0n) is 63.7. The van der Waals surface area contributed by atoms with Gasteiger partial charge in [-0.1, -0.05) is 46.5 Å². The van der Waals surface area contributed by atoms with E-state index in [4.69, 9.17) is 0 Å². The minimum Gasteiger partial charge on any atom is -0.286 e. The summed E-state index contributed by atoms with van der Waals surface area (Å²) in [5.41, 5.74) is -7.75. The van der Waals surface area contributed by atoms with Gasteiger partial charge in [0.2, 0.25) is 0 Å². The van der Waals surface area contributed by atoms with E-state index >= 15 is 76.7 Å². The molecule has 24 aliphatic heterocycles. The molecular weight excluding hydrogens is 1560 g/mol. The topological polar surface area (TPSA) is 431 Å². The fourth-order valence-corrected chi connectivity index (χ4v) is 26.7.